The SMILES string of the molecule is CC1CNCCC1NC(=O)c1cc2c(s1)CCCCCC2.Cl. The number of carbonyl (C=O) groups excluding carboxylic acids is 1. The maximum Gasteiger partial charge on any atom is 0.261 e. The fourth-order valence-electron chi connectivity index (χ4n) is 3.42. The lowest BCUT2D eigenvalue weighted by atomic mass is 9.95. The van der Waals surface area contributed by atoms with Crippen LogP contribution in [0.4, 0.5) is 0 Å². The van der Waals surface area contributed by atoms with Crippen molar-refractivity contribution in [3.05, 3.63) is 21.4 Å². The fraction of sp³-hybridized carbons (Fsp3) is 0.706. The zero-order valence-corrected chi connectivity index (χ0v) is 15.0. The summed E-state index contributed by atoms with van der Waals surface area (Å²) in [5.41, 5.74) is 1.43. The minimum absolute atomic E-state index is 0. The summed E-state index contributed by atoms with van der Waals surface area (Å²) >= 11 is 1.73. The van der Waals surface area contributed by atoms with E-state index in [2.05, 4.69) is 23.6 Å². The number of rotatable bonds is 2. The first kappa shape index (κ1) is 17.8. The van der Waals surface area contributed by atoms with Crippen LogP contribution < -0.4 is 10.6 Å². The Morgan fingerprint density at radius 3 is 2.82 bits per heavy atom. The zero-order chi connectivity index (χ0) is 14.7. The third kappa shape index (κ3) is 4.24. The van der Waals surface area contributed by atoms with Crippen molar-refractivity contribution in [2.24, 2.45) is 5.92 Å². The third-order valence-electron chi connectivity index (χ3n) is 4.82. The second-order valence-corrected chi connectivity index (χ2v) is 7.66. The minimum Gasteiger partial charge on any atom is -0.348 e. The van der Waals surface area contributed by atoms with Crippen molar-refractivity contribution in [1.29, 1.82) is 0 Å². The Hall–Kier alpha value is -0.580. The van der Waals surface area contributed by atoms with Crippen LogP contribution in [-0.4, -0.2) is 25.0 Å². The molecule has 0 bridgehead atoms. The molecule has 0 spiro atoms. The Morgan fingerprint density at radius 1 is 1.27 bits per heavy atom. The van der Waals surface area contributed by atoms with Crippen molar-refractivity contribution in [3.8, 4) is 0 Å². The van der Waals surface area contributed by atoms with Gasteiger partial charge in [0.15, 0.2) is 0 Å². The van der Waals surface area contributed by atoms with Crippen LogP contribution in [0.25, 0.3) is 0 Å². The van der Waals surface area contributed by atoms with Gasteiger partial charge in [-0.25, -0.2) is 0 Å². The summed E-state index contributed by atoms with van der Waals surface area (Å²) in [6.07, 6.45) is 8.59. The Labute approximate surface area is 143 Å². The molecule has 3 rings (SSSR count). The number of carbonyl (C=O) groups is 1. The molecule has 1 aromatic rings. The maximum absolute atomic E-state index is 12.5. The molecule has 124 valence electrons. The average Bonchev–Trinajstić information content (AvgIpc) is 2.84. The molecule has 2 N–H and O–H groups in total. The van der Waals surface area contributed by atoms with Crippen molar-refractivity contribution >= 4 is 29.7 Å². The second kappa shape index (κ2) is 8.32. The monoisotopic (exact) mass is 342 g/mol. The van der Waals surface area contributed by atoms with Gasteiger partial charge in [0.25, 0.3) is 5.91 Å². The van der Waals surface area contributed by atoms with Crippen molar-refractivity contribution in [1.82, 2.24) is 10.6 Å². The fourth-order valence-corrected chi connectivity index (χ4v) is 4.58. The molecule has 1 amide bonds. The Kier molecular flexibility index (Phi) is 6.72. The second-order valence-electron chi connectivity index (χ2n) is 6.52. The average molecular weight is 343 g/mol. The van der Waals surface area contributed by atoms with Crippen molar-refractivity contribution in [3.63, 3.8) is 0 Å². The number of nitrogens with one attached hydrogen (secondary N) is 2. The van der Waals surface area contributed by atoms with Crippen LogP contribution in [0.3, 0.4) is 0 Å². The van der Waals surface area contributed by atoms with E-state index in [4.69, 9.17) is 0 Å². The predicted octanol–water partition coefficient (Wildman–Crippen LogP) is 3.56. The molecule has 2 unspecified atom stereocenters. The predicted molar refractivity (Wildman–Crippen MR) is 95.3 cm³/mol. The summed E-state index contributed by atoms with van der Waals surface area (Å²) in [7, 11) is 0. The number of hydrogen-bond donors (Lipinski definition) is 2. The van der Waals surface area contributed by atoms with Crippen molar-refractivity contribution in [2.75, 3.05) is 13.1 Å². The molecule has 1 aromatic heterocycles. The molecular weight excluding hydrogens is 316 g/mol. The molecule has 0 aromatic carbocycles. The molecule has 2 heterocycles. The van der Waals surface area contributed by atoms with Crippen molar-refractivity contribution < 1.29 is 4.79 Å². The first-order chi connectivity index (χ1) is 10.2. The molecule has 1 saturated heterocycles. The maximum atomic E-state index is 12.5. The van der Waals surface area contributed by atoms with Crippen LogP contribution in [0.15, 0.2) is 6.07 Å². The van der Waals surface area contributed by atoms with Crippen molar-refractivity contribution in [2.45, 2.75) is 57.9 Å². The van der Waals surface area contributed by atoms with E-state index in [-0.39, 0.29) is 18.3 Å². The van der Waals surface area contributed by atoms with E-state index in [1.807, 2.05) is 0 Å². The Morgan fingerprint density at radius 2 is 2.05 bits per heavy atom. The largest absolute Gasteiger partial charge is 0.348 e. The summed E-state index contributed by atoms with van der Waals surface area (Å²) in [4.78, 5) is 14.9. The summed E-state index contributed by atoms with van der Waals surface area (Å²) in [6, 6.07) is 2.48. The van der Waals surface area contributed by atoms with Crippen LogP contribution in [0, 0.1) is 5.92 Å². The number of piperidine rings is 1. The number of amides is 1. The smallest absolute Gasteiger partial charge is 0.261 e. The topological polar surface area (TPSA) is 41.1 Å². The van der Waals surface area contributed by atoms with Gasteiger partial charge < -0.3 is 10.6 Å². The molecule has 5 heteroatoms. The molecule has 3 nitrogen and oxygen atoms in total. The number of aryl methyl sites for hydroxylation is 2. The lowest BCUT2D eigenvalue weighted by molar-refractivity contribution is 0.0918. The highest BCUT2D eigenvalue weighted by Crippen LogP contribution is 2.28. The number of fused-ring (bicyclic) bond motifs is 1. The molecule has 2 aliphatic rings. The van der Waals surface area contributed by atoms with Crippen LogP contribution in [0.2, 0.25) is 0 Å². The quantitative estimate of drug-likeness (QED) is 0.862. The number of halogens is 1. The Balaban J connectivity index is 0.00000176. The summed E-state index contributed by atoms with van der Waals surface area (Å²) in [5.74, 6) is 0.661. The van der Waals surface area contributed by atoms with Crippen LogP contribution in [-0.2, 0) is 12.8 Å². The summed E-state index contributed by atoms with van der Waals surface area (Å²) in [6.45, 7) is 4.23. The standard InChI is InChI=1S/C17H26N2OS.ClH/c1-12-11-18-9-8-14(12)19-17(20)16-10-13-6-4-2-3-5-7-15(13)21-16;/h10,12,14,18H,2-9,11H2,1H3,(H,19,20);1H. The summed E-state index contributed by atoms with van der Waals surface area (Å²) < 4.78 is 0. The third-order valence-corrected chi connectivity index (χ3v) is 6.06. The highest BCUT2D eigenvalue weighted by atomic mass is 35.5. The van der Waals surface area contributed by atoms with Gasteiger partial charge in [0, 0.05) is 10.9 Å². The summed E-state index contributed by atoms with van der Waals surface area (Å²) in [5, 5.41) is 6.64. The van der Waals surface area contributed by atoms with Gasteiger partial charge in [-0.15, -0.1) is 23.7 Å². The van der Waals surface area contributed by atoms with Gasteiger partial charge in [0.2, 0.25) is 0 Å². The molecule has 1 fully saturated rings. The van der Waals surface area contributed by atoms with E-state index < -0.39 is 0 Å². The van der Waals surface area contributed by atoms with Gasteiger partial charge in [0.1, 0.15) is 0 Å². The van der Waals surface area contributed by atoms with E-state index in [0.717, 1.165) is 37.2 Å². The normalized spacial score (nSPS) is 25.3. The number of thiophene rings is 1. The molecule has 0 saturated carbocycles. The Bertz CT molecular complexity index is 477. The lowest BCUT2D eigenvalue weighted by Crippen LogP contribution is -2.48. The van der Waals surface area contributed by atoms with Gasteiger partial charge in [-0.2, -0.15) is 0 Å². The first-order valence-electron chi connectivity index (χ1n) is 8.37. The van der Waals surface area contributed by atoms with Gasteiger partial charge in [-0.05, 0) is 62.7 Å². The van der Waals surface area contributed by atoms with E-state index in [1.54, 1.807) is 11.3 Å². The van der Waals surface area contributed by atoms with Gasteiger partial charge in [-0.1, -0.05) is 19.8 Å². The highest BCUT2D eigenvalue weighted by Gasteiger charge is 2.24. The molecule has 1 aliphatic carbocycles. The van der Waals surface area contributed by atoms with E-state index in [9.17, 15) is 4.79 Å². The molecule has 2 atom stereocenters. The van der Waals surface area contributed by atoms with Crippen LogP contribution in [0.5, 0.6) is 0 Å². The van der Waals surface area contributed by atoms with Gasteiger partial charge >= 0.3 is 0 Å². The molecule has 1 aliphatic heterocycles. The van der Waals surface area contributed by atoms with Crippen LogP contribution >= 0.6 is 23.7 Å². The number of hydrogen-bond acceptors (Lipinski definition) is 3. The van der Waals surface area contributed by atoms with E-state index in [1.165, 1.54) is 36.1 Å². The molecule has 22 heavy (non-hydrogen) atoms. The van der Waals surface area contributed by atoms with Gasteiger partial charge in [0.05, 0.1) is 4.88 Å². The van der Waals surface area contributed by atoms with Crippen LogP contribution in [0.1, 0.15) is 59.1 Å². The lowest BCUT2D eigenvalue weighted by Gasteiger charge is -2.30. The highest BCUT2D eigenvalue weighted by molar-refractivity contribution is 7.14. The van der Waals surface area contributed by atoms with E-state index in [0.29, 0.717) is 12.0 Å². The minimum atomic E-state index is 0. The molecule has 0 radical (unpaired) electrons. The first-order valence-corrected chi connectivity index (χ1v) is 9.19. The molecular formula is C17H27ClN2OS. The van der Waals surface area contributed by atoms with E-state index >= 15 is 0 Å². The zero-order valence-electron chi connectivity index (χ0n) is 13.3. The van der Waals surface area contributed by atoms with Gasteiger partial charge in [-0.3, -0.25) is 4.79 Å².